The SMILES string of the molecule is C=CC[C@@H](CC)NC(=O)N[C@H](C)CSC. The Morgan fingerprint density at radius 2 is 2.20 bits per heavy atom. The van der Waals surface area contributed by atoms with E-state index < -0.39 is 0 Å². The molecule has 0 heterocycles. The number of carbonyl (C=O) groups is 1. The van der Waals surface area contributed by atoms with Gasteiger partial charge in [0.2, 0.25) is 0 Å². The number of carbonyl (C=O) groups excluding carboxylic acids is 1. The lowest BCUT2D eigenvalue weighted by Crippen LogP contribution is -2.45. The Morgan fingerprint density at radius 3 is 2.67 bits per heavy atom. The maximum absolute atomic E-state index is 11.5. The van der Waals surface area contributed by atoms with E-state index in [9.17, 15) is 4.79 Å². The van der Waals surface area contributed by atoms with Gasteiger partial charge in [-0.1, -0.05) is 13.0 Å². The molecule has 4 heteroatoms. The standard InChI is InChI=1S/C11H22N2OS/c1-5-7-10(6-2)13-11(14)12-9(3)8-15-4/h5,9-10H,1,6-8H2,2-4H3,(H2,12,13,14)/t9-,10-/m1/s1. The van der Waals surface area contributed by atoms with Crippen molar-refractivity contribution in [2.24, 2.45) is 0 Å². The minimum absolute atomic E-state index is 0.0785. The van der Waals surface area contributed by atoms with E-state index >= 15 is 0 Å². The third kappa shape index (κ3) is 7.31. The number of rotatable bonds is 7. The zero-order chi connectivity index (χ0) is 11.7. The molecule has 0 aliphatic carbocycles. The van der Waals surface area contributed by atoms with Gasteiger partial charge in [-0.25, -0.2) is 4.79 Å². The molecule has 0 unspecified atom stereocenters. The second-order valence-electron chi connectivity index (χ2n) is 3.60. The Hall–Kier alpha value is -0.640. The number of thioether (sulfide) groups is 1. The van der Waals surface area contributed by atoms with Crippen molar-refractivity contribution in [3.63, 3.8) is 0 Å². The van der Waals surface area contributed by atoms with Crippen LogP contribution >= 0.6 is 11.8 Å². The summed E-state index contributed by atoms with van der Waals surface area (Å²) in [7, 11) is 0. The van der Waals surface area contributed by atoms with Crippen molar-refractivity contribution >= 4 is 17.8 Å². The Bertz CT molecular complexity index is 197. The first-order chi connectivity index (χ1) is 7.13. The maximum atomic E-state index is 11.5. The third-order valence-corrected chi connectivity index (χ3v) is 2.91. The molecule has 0 saturated carbocycles. The van der Waals surface area contributed by atoms with Crippen LogP contribution in [0.5, 0.6) is 0 Å². The molecular weight excluding hydrogens is 208 g/mol. The van der Waals surface area contributed by atoms with Crippen molar-refractivity contribution in [1.82, 2.24) is 10.6 Å². The Morgan fingerprint density at radius 1 is 1.53 bits per heavy atom. The van der Waals surface area contributed by atoms with E-state index in [2.05, 4.69) is 24.1 Å². The summed E-state index contributed by atoms with van der Waals surface area (Å²) in [6, 6.07) is 0.329. The molecule has 0 bridgehead atoms. The van der Waals surface area contributed by atoms with Gasteiger partial charge in [0.05, 0.1) is 0 Å². The van der Waals surface area contributed by atoms with Gasteiger partial charge in [0.25, 0.3) is 0 Å². The zero-order valence-electron chi connectivity index (χ0n) is 9.88. The summed E-state index contributed by atoms with van der Waals surface area (Å²) in [5.74, 6) is 0.936. The summed E-state index contributed by atoms with van der Waals surface area (Å²) >= 11 is 1.73. The zero-order valence-corrected chi connectivity index (χ0v) is 10.7. The highest BCUT2D eigenvalue weighted by Crippen LogP contribution is 1.99. The summed E-state index contributed by atoms with van der Waals surface area (Å²) in [5.41, 5.74) is 0. The second kappa shape index (κ2) is 8.65. The van der Waals surface area contributed by atoms with Gasteiger partial charge < -0.3 is 10.6 Å². The van der Waals surface area contributed by atoms with Crippen molar-refractivity contribution in [2.45, 2.75) is 38.8 Å². The van der Waals surface area contributed by atoms with Crippen molar-refractivity contribution in [3.05, 3.63) is 12.7 Å². The van der Waals surface area contributed by atoms with Crippen LogP contribution in [0.2, 0.25) is 0 Å². The highest BCUT2D eigenvalue weighted by atomic mass is 32.2. The Kier molecular flexibility index (Phi) is 8.28. The van der Waals surface area contributed by atoms with E-state index in [1.54, 1.807) is 11.8 Å². The van der Waals surface area contributed by atoms with Gasteiger partial charge in [0.1, 0.15) is 0 Å². The monoisotopic (exact) mass is 230 g/mol. The van der Waals surface area contributed by atoms with Gasteiger partial charge in [-0.2, -0.15) is 11.8 Å². The van der Waals surface area contributed by atoms with Crippen molar-refractivity contribution in [3.8, 4) is 0 Å². The van der Waals surface area contributed by atoms with Crippen LogP contribution in [0.4, 0.5) is 4.79 Å². The number of amides is 2. The maximum Gasteiger partial charge on any atom is 0.315 e. The van der Waals surface area contributed by atoms with Gasteiger partial charge in [-0.15, -0.1) is 6.58 Å². The highest BCUT2D eigenvalue weighted by molar-refractivity contribution is 7.98. The van der Waals surface area contributed by atoms with E-state index in [1.165, 1.54) is 0 Å². The molecule has 0 aromatic heterocycles. The number of hydrogen-bond donors (Lipinski definition) is 2. The molecule has 0 aliphatic heterocycles. The molecule has 0 aromatic rings. The van der Waals surface area contributed by atoms with Crippen LogP contribution in [0.1, 0.15) is 26.7 Å². The summed E-state index contributed by atoms with van der Waals surface area (Å²) in [6.45, 7) is 7.73. The predicted octanol–water partition coefficient (Wildman–Crippen LogP) is 2.39. The lowest BCUT2D eigenvalue weighted by molar-refractivity contribution is 0.234. The van der Waals surface area contributed by atoms with Gasteiger partial charge in [0.15, 0.2) is 0 Å². The lowest BCUT2D eigenvalue weighted by Gasteiger charge is -2.18. The van der Waals surface area contributed by atoms with E-state index in [-0.39, 0.29) is 18.1 Å². The first-order valence-electron chi connectivity index (χ1n) is 5.30. The molecule has 0 saturated heterocycles. The molecule has 2 N–H and O–H groups in total. The molecule has 2 atom stereocenters. The topological polar surface area (TPSA) is 41.1 Å². The number of hydrogen-bond acceptors (Lipinski definition) is 2. The Balaban J connectivity index is 3.84. The van der Waals surface area contributed by atoms with Crippen molar-refractivity contribution in [1.29, 1.82) is 0 Å². The minimum atomic E-state index is -0.0785. The van der Waals surface area contributed by atoms with Crippen LogP contribution in [0.15, 0.2) is 12.7 Å². The predicted molar refractivity (Wildman–Crippen MR) is 68.4 cm³/mol. The normalized spacial score (nSPS) is 14.1. The summed E-state index contributed by atoms with van der Waals surface area (Å²) in [5, 5.41) is 5.83. The van der Waals surface area contributed by atoms with Crippen LogP contribution in [0.25, 0.3) is 0 Å². The quantitative estimate of drug-likeness (QED) is 0.659. The molecule has 0 aromatic carbocycles. The number of nitrogens with one attached hydrogen (secondary N) is 2. The highest BCUT2D eigenvalue weighted by Gasteiger charge is 2.10. The van der Waals surface area contributed by atoms with E-state index in [0.717, 1.165) is 18.6 Å². The smallest absolute Gasteiger partial charge is 0.315 e. The first kappa shape index (κ1) is 14.4. The van der Waals surface area contributed by atoms with Gasteiger partial charge in [-0.3, -0.25) is 0 Å². The van der Waals surface area contributed by atoms with Crippen LogP contribution in [0, 0.1) is 0 Å². The van der Waals surface area contributed by atoms with E-state index in [0.29, 0.717) is 0 Å². The summed E-state index contributed by atoms with van der Waals surface area (Å²) in [4.78, 5) is 11.5. The number of urea groups is 1. The van der Waals surface area contributed by atoms with Crippen LogP contribution in [0.3, 0.4) is 0 Å². The average molecular weight is 230 g/mol. The molecule has 15 heavy (non-hydrogen) atoms. The van der Waals surface area contributed by atoms with Gasteiger partial charge in [-0.05, 0) is 26.0 Å². The molecule has 0 fully saturated rings. The average Bonchev–Trinajstić information content (AvgIpc) is 2.17. The van der Waals surface area contributed by atoms with Crippen LogP contribution in [-0.2, 0) is 0 Å². The van der Waals surface area contributed by atoms with Crippen molar-refractivity contribution < 1.29 is 4.79 Å². The van der Waals surface area contributed by atoms with Gasteiger partial charge >= 0.3 is 6.03 Å². The molecule has 2 amide bonds. The van der Waals surface area contributed by atoms with Crippen LogP contribution in [-0.4, -0.2) is 30.1 Å². The molecule has 0 spiro atoms. The Labute approximate surface area is 97.1 Å². The van der Waals surface area contributed by atoms with Crippen molar-refractivity contribution in [2.75, 3.05) is 12.0 Å². The van der Waals surface area contributed by atoms with Gasteiger partial charge in [0, 0.05) is 17.8 Å². The fourth-order valence-corrected chi connectivity index (χ4v) is 1.85. The minimum Gasteiger partial charge on any atom is -0.335 e. The largest absolute Gasteiger partial charge is 0.335 e. The van der Waals surface area contributed by atoms with E-state index in [1.807, 2.05) is 19.3 Å². The summed E-state index contributed by atoms with van der Waals surface area (Å²) < 4.78 is 0. The lowest BCUT2D eigenvalue weighted by atomic mass is 10.1. The first-order valence-corrected chi connectivity index (χ1v) is 6.70. The molecule has 0 rings (SSSR count). The fourth-order valence-electron chi connectivity index (χ4n) is 1.27. The molecular formula is C11H22N2OS. The van der Waals surface area contributed by atoms with Crippen LogP contribution < -0.4 is 10.6 Å². The second-order valence-corrected chi connectivity index (χ2v) is 4.51. The molecule has 3 nitrogen and oxygen atoms in total. The molecule has 88 valence electrons. The molecule has 0 aliphatic rings. The fraction of sp³-hybridized carbons (Fsp3) is 0.727. The third-order valence-electron chi connectivity index (χ3n) is 2.07. The van der Waals surface area contributed by atoms with E-state index in [4.69, 9.17) is 0 Å². The molecule has 0 radical (unpaired) electrons. The summed E-state index contributed by atoms with van der Waals surface area (Å²) in [6.07, 6.45) is 5.61.